The van der Waals surface area contributed by atoms with E-state index >= 15 is 0 Å². The van der Waals surface area contributed by atoms with E-state index in [1.165, 1.54) is 24.3 Å². The average Bonchev–Trinajstić information content (AvgIpc) is 2.79. The van der Waals surface area contributed by atoms with Gasteiger partial charge in [0.2, 0.25) is 5.91 Å². The number of ether oxygens (including phenoxy) is 2. The Kier molecular flexibility index (Phi) is 8.78. The maximum atomic E-state index is 12.5. The molecule has 0 aromatic heterocycles. The van der Waals surface area contributed by atoms with Gasteiger partial charge < -0.3 is 24.8 Å². The maximum Gasteiger partial charge on any atom is 0.387 e. The molecule has 0 aliphatic carbocycles. The lowest BCUT2D eigenvalue weighted by molar-refractivity contribution is -0.117. The molecule has 3 rings (SSSR count). The zero-order chi connectivity index (χ0) is 22.9. The second-order valence-electron chi connectivity index (χ2n) is 7.49. The lowest BCUT2D eigenvalue weighted by Crippen LogP contribution is -2.36. The SMILES string of the molecule is CCN(CC(=O)Nc1ccc(N2CCOCC2)cc1)CC(O)c1ccc(OC(F)F)cc1. The molecule has 2 aromatic carbocycles. The third-order valence-corrected chi connectivity index (χ3v) is 5.26. The van der Waals surface area contributed by atoms with Gasteiger partial charge in [0.25, 0.3) is 0 Å². The Labute approximate surface area is 186 Å². The number of nitrogens with one attached hydrogen (secondary N) is 1. The Morgan fingerprint density at radius 2 is 1.81 bits per heavy atom. The number of rotatable bonds is 10. The van der Waals surface area contributed by atoms with Crippen LogP contribution in [0.25, 0.3) is 0 Å². The minimum absolute atomic E-state index is 0.0299. The number of hydrogen-bond donors (Lipinski definition) is 2. The summed E-state index contributed by atoms with van der Waals surface area (Å²) in [5.74, 6) is -0.152. The molecule has 1 atom stereocenters. The van der Waals surface area contributed by atoms with E-state index in [0.717, 1.165) is 18.8 Å². The number of aliphatic hydroxyl groups excluding tert-OH is 1. The largest absolute Gasteiger partial charge is 0.435 e. The predicted molar refractivity (Wildman–Crippen MR) is 118 cm³/mol. The smallest absolute Gasteiger partial charge is 0.387 e. The van der Waals surface area contributed by atoms with Crippen molar-refractivity contribution in [3.05, 3.63) is 54.1 Å². The second-order valence-corrected chi connectivity index (χ2v) is 7.49. The molecule has 0 bridgehead atoms. The summed E-state index contributed by atoms with van der Waals surface area (Å²) in [6, 6.07) is 13.5. The number of carbonyl (C=O) groups is 1. The van der Waals surface area contributed by atoms with E-state index < -0.39 is 12.7 Å². The summed E-state index contributed by atoms with van der Waals surface area (Å²) >= 11 is 0. The monoisotopic (exact) mass is 449 g/mol. The van der Waals surface area contributed by atoms with Crippen molar-refractivity contribution in [2.45, 2.75) is 19.6 Å². The number of morpholine rings is 1. The minimum Gasteiger partial charge on any atom is -0.435 e. The standard InChI is InChI=1S/C23H29F2N3O4/c1-2-27(15-21(29)17-3-9-20(10-4-17)32-23(24)25)16-22(30)26-18-5-7-19(8-6-18)28-11-13-31-14-12-28/h3-10,21,23,29H,2,11-16H2,1H3,(H,26,30). The first-order valence-electron chi connectivity index (χ1n) is 10.6. The molecular weight excluding hydrogens is 420 g/mol. The van der Waals surface area contributed by atoms with E-state index in [4.69, 9.17) is 4.74 Å². The molecule has 2 N–H and O–H groups in total. The van der Waals surface area contributed by atoms with Crippen molar-refractivity contribution in [1.29, 1.82) is 0 Å². The van der Waals surface area contributed by atoms with Gasteiger partial charge in [-0.05, 0) is 48.5 Å². The summed E-state index contributed by atoms with van der Waals surface area (Å²) in [4.78, 5) is 16.5. The molecule has 0 saturated carbocycles. The summed E-state index contributed by atoms with van der Waals surface area (Å²) in [5.41, 5.74) is 2.36. The molecule has 1 amide bonds. The van der Waals surface area contributed by atoms with Crippen LogP contribution >= 0.6 is 0 Å². The highest BCUT2D eigenvalue weighted by molar-refractivity contribution is 5.92. The lowest BCUT2D eigenvalue weighted by Gasteiger charge is -2.29. The van der Waals surface area contributed by atoms with Crippen LogP contribution < -0.4 is 15.0 Å². The fourth-order valence-electron chi connectivity index (χ4n) is 3.51. The minimum atomic E-state index is -2.89. The Bertz CT molecular complexity index is 843. The number of aliphatic hydroxyl groups is 1. The van der Waals surface area contributed by atoms with Crippen LogP contribution in [-0.2, 0) is 9.53 Å². The average molecular weight is 449 g/mol. The first kappa shape index (κ1) is 23.9. The van der Waals surface area contributed by atoms with Crippen LogP contribution in [0.1, 0.15) is 18.6 Å². The maximum absolute atomic E-state index is 12.5. The number of hydrogen-bond acceptors (Lipinski definition) is 6. The first-order chi connectivity index (χ1) is 15.4. The van der Waals surface area contributed by atoms with E-state index in [2.05, 4.69) is 15.0 Å². The molecule has 1 fully saturated rings. The van der Waals surface area contributed by atoms with E-state index in [1.54, 1.807) is 0 Å². The van der Waals surface area contributed by atoms with Crippen LogP contribution in [0.4, 0.5) is 20.2 Å². The van der Waals surface area contributed by atoms with Crippen LogP contribution in [0.3, 0.4) is 0 Å². The Morgan fingerprint density at radius 3 is 2.41 bits per heavy atom. The highest BCUT2D eigenvalue weighted by atomic mass is 19.3. The quantitative estimate of drug-likeness (QED) is 0.581. The number of nitrogens with zero attached hydrogens (tertiary/aromatic N) is 2. The zero-order valence-corrected chi connectivity index (χ0v) is 18.0. The predicted octanol–water partition coefficient (Wildman–Crippen LogP) is 3.12. The molecule has 1 saturated heterocycles. The molecule has 1 heterocycles. The van der Waals surface area contributed by atoms with Gasteiger partial charge in [0.1, 0.15) is 5.75 Å². The molecule has 2 aromatic rings. The van der Waals surface area contributed by atoms with Crippen LogP contribution in [0, 0.1) is 0 Å². The van der Waals surface area contributed by atoms with Gasteiger partial charge in [0.05, 0.1) is 25.9 Å². The van der Waals surface area contributed by atoms with E-state index in [9.17, 15) is 18.7 Å². The van der Waals surface area contributed by atoms with Crippen LogP contribution in [-0.4, -0.2) is 68.5 Å². The number of benzene rings is 2. The number of carbonyl (C=O) groups excluding carboxylic acids is 1. The topological polar surface area (TPSA) is 74.3 Å². The Morgan fingerprint density at radius 1 is 1.16 bits per heavy atom. The van der Waals surface area contributed by atoms with Crippen molar-refractivity contribution in [3.63, 3.8) is 0 Å². The fourth-order valence-corrected chi connectivity index (χ4v) is 3.51. The molecule has 32 heavy (non-hydrogen) atoms. The van der Waals surface area contributed by atoms with Gasteiger partial charge in [-0.1, -0.05) is 19.1 Å². The van der Waals surface area contributed by atoms with Crippen molar-refractivity contribution in [2.75, 3.05) is 56.2 Å². The van der Waals surface area contributed by atoms with Gasteiger partial charge in [-0.3, -0.25) is 9.69 Å². The summed E-state index contributed by atoms with van der Waals surface area (Å²) < 4.78 is 34.2. The molecule has 0 radical (unpaired) electrons. The lowest BCUT2D eigenvalue weighted by atomic mass is 10.1. The molecule has 1 aliphatic rings. The van der Waals surface area contributed by atoms with Gasteiger partial charge >= 0.3 is 6.61 Å². The summed E-state index contributed by atoms with van der Waals surface area (Å²) in [6.45, 7) is 3.04. The van der Waals surface area contributed by atoms with Gasteiger partial charge in [-0.15, -0.1) is 0 Å². The molecule has 1 unspecified atom stereocenters. The van der Waals surface area contributed by atoms with Gasteiger partial charge in [-0.2, -0.15) is 8.78 Å². The van der Waals surface area contributed by atoms with E-state index in [1.807, 2.05) is 36.1 Å². The number of anilines is 2. The summed E-state index contributed by atoms with van der Waals surface area (Å²) in [5, 5.41) is 13.4. The van der Waals surface area contributed by atoms with Crippen molar-refractivity contribution in [1.82, 2.24) is 4.90 Å². The molecule has 1 aliphatic heterocycles. The van der Waals surface area contributed by atoms with Crippen molar-refractivity contribution in [3.8, 4) is 5.75 Å². The second kappa shape index (κ2) is 11.8. The van der Waals surface area contributed by atoms with Crippen molar-refractivity contribution < 1.29 is 28.2 Å². The van der Waals surface area contributed by atoms with Crippen molar-refractivity contribution in [2.24, 2.45) is 0 Å². The Balaban J connectivity index is 1.49. The molecular formula is C23H29F2N3O4. The number of amides is 1. The third kappa shape index (κ3) is 7.15. The molecule has 174 valence electrons. The third-order valence-electron chi connectivity index (χ3n) is 5.26. The molecule has 0 spiro atoms. The number of likely N-dealkylation sites (N-methyl/N-ethyl adjacent to an activating group) is 1. The highest BCUT2D eigenvalue weighted by Crippen LogP contribution is 2.21. The number of alkyl halides is 2. The van der Waals surface area contributed by atoms with Crippen LogP contribution in [0.5, 0.6) is 5.75 Å². The van der Waals surface area contributed by atoms with E-state index in [-0.39, 0.29) is 24.7 Å². The molecule has 9 heteroatoms. The summed E-state index contributed by atoms with van der Waals surface area (Å²) in [6.07, 6.45) is -0.865. The fraction of sp³-hybridized carbons (Fsp3) is 0.435. The Hall–Kier alpha value is -2.75. The first-order valence-corrected chi connectivity index (χ1v) is 10.6. The highest BCUT2D eigenvalue weighted by Gasteiger charge is 2.16. The van der Waals surface area contributed by atoms with Crippen molar-refractivity contribution >= 4 is 17.3 Å². The summed E-state index contributed by atoms with van der Waals surface area (Å²) in [7, 11) is 0. The normalized spacial score (nSPS) is 15.1. The zero-order valence-electron chi connectivity index (χ0n) is 18.0. The van der Waals surface area contributed by atoms with Gasteiger partial charge in [0, 0.05) is 31.0 Å². The number of halogens is 2. The van der Waals surface area contributed by atoms with Gasteiger partial charge in [0.15, 0.2) is 0 Å². The van der Waals surface area contributed by atoms with Gasteiger partial charge in [-0.25, -0.2) is 0 Å². The van der Waals surface area contributed by atoms with E-state index in [0.29, 0.717) is 31.0 Å². The van der Waals surface area contributed by atoms with Crippen LogP contribution in [0.15, 0.2) is 48.5 Å². The molecule has 7 nitrogen and oxygen atoms in total. The van der Waals surface area contributed by atoms with Crippen LogP contribution in [0.2, 0.25) is 0 Å².